The van der Waals surface area contributed by atoms with Crippen molar-refractivity contribution in [3.8, 4) is 0 Å². The third-order valence-electron chi connectivity index (χ3n) is 2.89. The van der Waals surface area contributed by atoms with Crippen LogP contribution < -0.4 is 10.6 Å². The first kappa shape index (κ1) is 12.8. The molecule has 0 aromatic heterocycles. The number of nitrogens with two attached hydrogens (primary N) is 1. The molecule has 2 rings (SSSR count). The molecule has 0 aliphatic carbocycles. The fourth-order valence-electron chi connectivity index (χ4n) is 1.99. The van der Waals surface area contributed by atoms with Gasteiger partial charge < -0.3 is 10.6 Å². The highest BCUT2D eigenvalue weighted by Gasteiger charge is 2.06. The molecule has 0 bridgehead atoms. The lowest BCUT2D eigenvalue weighted by atomic mass is 10.1. The Hall–Kier alpha value is -1.67. The fourth-order valence-corrected chi connectivity index (χ4v) is 2.18. The average molecular weight is 261 g/mol. The zero-order chi connectivity index (χ0) is 13.1. The highest BCUT2D eigenvalue weighted by atomic mass is 35.5. The number of hydrogen-bond acceptors (Lipinski definition) is 2. The van der Waals surface area contributed by atoms with Crippen LogP contribution in [0.4, 0.5) is 11.4 Å². The molecule has 2 aromatic rings. The van der Waals surface area contributed by atoms with Crippen molar-refractivity contribution < 1.29 is 0 Å². The zero-order valence-electron chi connectivity index (χ0n) is 10.7. The van der Waals surface area contributed by atoms with Crippen molar-refractivity contribution in [2.24, 2.45) is 0 Å². The summed E-state index contributed by atoms with van der Waals surface area (Å²) in [6, 6.07) is 14.0. The second-order valence-electron chi connectivity index (χ2n) is 4.55. The first-order valence-corrected chi connectivity index (χ1v) is 6.26. The molecule has 3 heteroatoms. The predicted octanol–water partition coefficient (Wildman–Crippen LogP) is 3.87. The van der Waals surface area contributed by atoms with E-state index in [4.69, 9.17) is 17.3 Å². The van der Waals surface area contributed by atoms with Gasteiger partial charge in [0.2, 0.25) is 0 Å². The van der Waals surface area contributed by atoms with Gasteiger partial charge >= 0.3 is 0 Å². The Bertz CT molecular complexity index is 532. The normalized spacial score (nSPS) is 10.4. The van der Waals surface area contributed by atoms with Crippen molar-refractivity contribution in [2.45, 2.75) is 13.5 Å². The highest BCUT2D eigenvalue weighted by Crippen LogP contribution is 2.23. The van der Waals surface area contributed by atoms with Gasteiger partial charge in [-0.1, -0.05) is 29.8 Å². The summed E-state index contributed by atoms with van der Waals surface area (Å²) in [7, 11) is 2.04. The molecular formula is C15H17ClN2. The predicted molar refractivity (Wildman–Crippen MR) is 79.2 cm³/mol. The van der Waals surface area contributed by atoms with Gasteiger partial charge in [-0.2, -0.15) is 0 Å². The number of nitrogens with zero attached hydrogens (tertiary/aromatic N) is 1. The highest BCUT2D eigenvalue weighted by molar-refractivity contribution is 6.31. The maximum atomic E-state index is 6.17. The molecule has 0 saturated carbocycles. The summed E-state index contributed by atoms with van der Waals surface area (Å²) in [6.07, 6.45) is 0. The van der Waals surface area contributed by atoms with E-state index in [0.29, 0.717) is 0 Å². The summed E-state index contributed by atoms with van der Waals surface area (Å²) >= 11 is 6.17. The van der Waals surface area contributed by atoms with Gasteiger partial charge in [0, 0.05) is 30.0 Å². The number of rotatable bonds is 3. The van der Waals surface area contributed by atoms with Crippen LogP contribution in [0, 0.1) is 6.92 Å². The molecule has 0 unspecified atom stereocenters. The van der Waals surface area contributed by atoms with Crippen LogP contribution in [-0.4, -0.2) is 7.05 Å². The van der Waals surface area contributed by atoms with E-state index >= 15 is 0 Å². The van der Waals surface area contributed by atoms with Crippen LogP contribution >= 0.6 is 11.6 Å². The molecule has 0 amide bonds. The Morgan fingerprint density at radius 3 is 2.56 bits per heavy atom. The minimum Gasteiger partial charge on any atom is -0.399 e. The summed E-state index contributed by atoms with van der Waals surface area (Å²) in [5.41, 5.74) is 10.0. The number of anilines is 2. The largest absolute Gasteiger partial charge is 0.399 e. The third-order valence-corrected chi connectivity index (χ3v) is 3.26. The maximum Gasteiger partial charge on any atom is 0.0455 e. The number of nitrogen functional groups attached to an aromatic ring is 1. The van der Waals surface area contributed by atoms with Gasteiger partial charge in [0.25, 0.3) is 0 Å². The van der Waals surface area contributed by atoms with Crippen molar-refractivity contribution in [1.82, 2.24) is 0 Å². The van der Waals surface area contributed by atoms with Crippen LogP contribution in [0.25, 0.3) is 0 Å². The molecule has 2 nitrogen and oxygen atoms in total. The Labute approximate surface area is 113 Å². The second kappa shape index (κ2) is 5.32. The summed E-state index contributed by atoms with van der Waals surface area (Å²) in [5.74, 6) is 0. The molecule has 0 radical (unpaired) electrons. The van der Waals surface area contributed by atoms with Crippen LogP contribution in [-0.2, 0) is 6.54 Å². The maximum absolute atomic E-state index is 6.17. The molecule has 94 valence electrons. The number of hydrogen-bond donors (Lipinski definition) is 1. The van der Waals surface area contributed by atoms with Crippen LogP contribution in [0.2, 0.25) is 5.02 Å². The number of aryl methyl sites for hydroxylation is 1. The van der Waals surface area contributed by atoms with Gasteiger partial charge in [0.05, 0.1) is 0 Å². The molecule has 0 aliphatic rings. The van der Waals surface area contributed by atoms with E-state index < -0.39 is 0 Å². The molecule has 0 aliphatic heterocycles. The van der Waals surface area contributed by atoms with Gasteiger partial charge in [0.1, 0.15) is 0 Å². The van der Waals surface area contributed by atoms with Crippen molar-refractivity contribution in [1.29, 1.82) is 0 Å². The molecule has 2 aromatic carbocycles. The zero-order valence-corrected chi connectivity index (χ0v) is 11.4. The SMILES string of the molecule is Cc1cc(N)cc(N(C)Cc2ccccc2Cl)c1. The second-order valence-corrected chi connectivity index (χ2v) is 4.96. The Kier molecular flexibility index (Phi) is 3.78. The van der Waals surface area contributed by atoms with E-state index in [0.717, 1.165) is 34.1 Å². The molecule has 18 heavy (non-hydrogen) atoms. The molecular weight excluding hydrogens is 244 g/mol. The smallest absolute Gasteiger partial charge is 0.0455 e. The average Bonchev–Trinajstić information content (AvgIpc) is 2.31. The number of halogens is 1. The van der Waals surface area contributed by atoms with E-state index in [-0.39, 0.29) is 0 Å². The van der Waals surface area contributed by atoms with E-state index in [9.17, 15) is 0 Å². The van der Waals surface area contributed by atoms with Gasteiger partial charge in [-0.3, -0.25) is 0 Å². The van der Waals surface area contributed by atoms with Gasteiger partial charge in [-0.15, -0.1) is 0 Å². The van der Waals surface area contributed by atoms with E-state index in [1.807, 2.05) is 50.4 Å². The van der Waals surface area contributed by atoms with Crippen LogP contribution in [0.5, 0.6) is 0 Å². The van der Waals surface area contributed by atoms with Crippen LogP contribution in [0.1, 0.15) is 11.1 Å². The van der Waals surface area contributed by atoms with Crippen molar-refractivity contribution in [3.63, 3.8) is 0 Å². The van der Waals surface area contributed by atoms with Gasteiger partial charge in [-0.05, 0) is 42.3 Å². The van der Waals surface area contributed by atoms with Crippen molar-refractivity contribution >= 4 is 23.0 Å². The van der Waals surface area contributed by atoms with Crippen LogP contribution in [0.3, 0.4) is 0 Å². The van der Waals surface area contributed by atoms with E-state index in [1.165, 1.54) is 0 Å². The summed E-state index contributed by atoms with van der Waals surface area (Å²) in [6.45, 7) is 2.81. The van der Waals surface area contributed by atoms with Crippen molar-refractivity contribution in [3.05, 3.63) is 58.6 Å². The monoisotopic (exact) mass is 260 g/mol. The summed E-state index contributed by atoms with van der Waals surface area (Å²) in [4.78, 5) is 2.14. The Morgan fingerprint density at radius 1 is 1.17 bits per heavy atom. The number of benzene rings is 2. The van der Waals surface area contributed by atoms with Crippen molar-refractivity contribution in [2.75, 3.05) is 17.7 Å². The summed E-state index contributed by atoms with van der Waals surface area (Å²) in [5, 5.41) is 0.796. The third kappa shape index (κ3) is 2.96. The first-order chi connectivity index (χ1) is 8.56. The molecule has 2 N–H and O–H groups in total. The molecule has 0 atom stereocenters. The molecule has 0 spiro atoms. The van der Waals surface area contributed by atoms with Crippen LogP contribution in [0.15, 0.2) is 42.5 Å². The first-order valence-electron chi connectivity index (χ1n) is 5.88. The quantitative estimate of drug-likeness (QED) is 0.849. The van der Waals surface area contributed by atoms with E-state index in [1.54, 1.807) is 0 Å². The van der Waals surface area contributed by atoms with Gasteiger partial charge in [-0.25, -0.2) is 0 Å². The molecule has 0 heterocycles. The minimum atomic E-state index is 0.766. The van der Waals surface area contributed by atoms with E-state index in [2.05, 4.69) is 11.0 Å². The molecule has 0 saturated heterocycles. The minimum absolute atomic E-state index is 0.766. The molecule has 0 fully saturated rings. The fraction of sp³-hybridized carbons (Fsp3) is 0.200. The summed E-state index contributed by atoms with van der Waals surface area (Å²) < 4.78 is 0. The lowest BCUT2D eigenvalue weighted by Gasteiger charge is -2.21. The lowest BCUT2D eigenvalue weighted by Crippen LogP contribution is -2.16. The Morgan fingerprint density at radius 2 is 1.89 bits per heavy atom. The standard InChI is InChI=1S/C15H17ClN2/c1-11-7-13(17)9-14(8-11)18(2)10-12-5-3-4-6-15(12)16/h3-9H,10,17H2,1-2H3. The Balaban J connectivity index is 2.22. The lowest BCUT2D eigenvalue weighted by molar-refractivity contribution is 0.922. The topological polar surface area (TPSA) is 29.3 Å². The van der Waals surface area contributed by atoms with Gasteiger partial charge in [0.15, 0.2) is 0 Å².